The molecule has 1 rings (SSSR count). The molecule has 1 N–H and O–H groups in total. The van der Waals surface area contributed by atoms with Gasteiger partial charge in [-0.05, 0) is 0 Å². The quantitative estimate of drug-likeness (QED) is 0.332. The zero-order chi connectivity index (χ0) is 12.2. The number of carbonyl (C=O) groups excluding carboxylic acids is 1. The normalized spacial score (nSPS) is 12.4. The van der Waals surface area contributed by atoms with Gasteiger partial charge < -0.3 is 5.32 Å². The summed E-state index contributed by atoms with van der Waals surface area (Å²) in [6.07, 6.45) is 2.26. The topological polar surface area (TPSA) is 81.4 Å². The van der Waals surface area contributed by atoms with Crippen molar-refractivity contribution in [3.8, 4) is 0 Å². The van der Waals surface area contributed by atoms with Crippen molar-refractivity contribution in [3.63, 3.8) is 0 Å². The molecule has 0 aliphatic heterocycles. The summed E-state index contributed by atoms with van der Waals surface area (Å²) in [5, 5.41) is 10.0. The van der Waals surface area contributed by atoms with Crippen LogP contribution in [-0.2, 0) is 4.84 Å². The maximum absolute atomic E-state index is 10.9. The number of amides is 1. The molecule has 1 aromatic heterocycles. The molecule has 1 amide bonds. The molecule has 0 aromatic carbocycles. The van der Waals surface area contributed by atoms with Gasteiger partial charge in [-0.3, -0.25) is 4.84 Å². The zero-order valence-corrected chi connectivity index (χ0v) is 9.76. The van der Waals surface area contributed by atoms with Crippen molar-refractivity contribution in [2.75, 3.05) is 7.05 Å². The first-order chi connectivity index (χ1) is 7.45. The Morgan fingerprint density at radius 2 is 2.19 bits per heavy atom. The van der Waals surface area contributed by atoms with E-state index in [0.29, 0.717) is 5.84 Å². The van der Waals surface area contributed by atoms with Gasteiger partial charge in [0.25, 0.3) is 0 Å². The van der Waals surface area contributed by atoms with Crippen LogP contribution >= 0.6 is 0 Å². The molecule has 0 aliphatic carbocycles. The summed E-state index contributed by atoms with van der Waals surface area (Å²) in [7, 11) is 1.46. The van der Waals surface area contributed by atoms with E-state index in [2.05, 4.69) is 25.4 Å². The number of nitrogens with zero attached hydrogens (tertiary/aromatic N) is 4. The first-order valence-corrected chi connectivity index (χ1v) is 4.77. The van der Waals surface area contributed by atoms with Crippen molar-refractivity contribution in [2.24, 2.45) is 10.6 Å². The largest absolute Gasteiger partial charge is 0.433 e. The Kier molecular flexibility index (Phi) is 3.60. The van der Waals surface area contributed by atoms with E-state index < -0.39 is 6.09 Å². The molecule has 16 heavy (non-hydrogen) atoms. The molecule has 0 unspecified atom stereocenters. The number of hydrogen-bond acceptors (Lipinski definition) is 5. The van der Waals surface area contributed by atoms with Gasteiger partial charge in [-0.1, -0.05) is 25.9 Å². The SMILES string of the molecule is CNC(=O)ON=C(n1cncn1)C(C)(C)C. The van der Waals surface area contributed by atoms with Crippen LogP contribution in [0.25, 0.3) is 0 Å². The van der Waals surface area contributed by atoms with Crippen LogP contribution in [0.1, 0.15) is 20.8 Å². The number of nitrogens with one attached hydrogen (secondary N) is 1. The molecule has 0 radical (unpaired) electrons. The predicted molar refractivity (Wildman–Crippen MR) is 57.9 cm³/mol. The molecule has 7 nitrogen and oxygen atoms in total. The lowest BCUT2D eigenvalue weighted by Gasteiger charge is -2.19. The van der Waals surface area contributed by atoms with E-state index in [0.717, 1.165) is 0 Å². The fraction of sp³-hybridized carbons (Fsp3) is 0.556. The number of carbonyl (C=O) groups is 1. The van der Waals surface area contributed by atoms with Crippen LogP contribution in [0.4, 0.5) is 4.79 Å². The van der Waals surface area contributed by atoms with Crippen molar-refractivity contribution in [1.29, 1.82) is 0 Å². The fourth-order valence-electron chi connectivity index (χ4n) is 0.970. The third-order valence-electron chi connectivity index (χ3n) is 1.73. The summed E-state index contributed by atoms with van der Waals surface area (Å²) in [4.78, 5) is 19.4. The van der Waals surface area contributed by atoms with Gasteiger partial charge in [-0.25, -0.2) is 14.5 Å². The second-order valence-corrected chi connectivity index (χ2v) is 4.13. The maximum Gasteiger partial charge on any atom is 0.433 e. The summed E-state index contributed by atoms with van der Waals surface area (Å²) in [5.41, 5.74) is -0.318. The fourth-order valence-corrected chi connectivity index (χ4v) is 0.970. The monoisotopic (exact) mass is 225 g/mol. The third kappa shape index (κ3) is 3.04. The van der Waals surface area contributed by atoms with Crippen molar-refractivity contribution in [3.05, 3.63) is 12.7 Å². The second kappa shape index (κ2) is 4.73. The highest BCUT2D eigenvalue weighted by molar-refractivity contribution is 5.88. The molecule has 0 spiro atoms. The minimum absolute atomic E-state index is 0.318. The number of rotatable bonds is 1. The standard InChI is InChI=1S/C9H15N5O2/c1-9(2,3)7(13-16-8(15)10-4)14-6-11-5-12-14/h5-6H,1-4H3,(H,10,15). The molecule has 1 heterocycles. The van der Waals surface area contributed by atoms with Crippen LogP contribution in [0, 0.1) is 5.41 Å². The lowest BCUT2D eigenvalue weighted by atomic mass is 9.95. The summed E-state index contributed by atoms with van der Waals surface area (Å²) in [6.45, 7) is 5.79. The van der Waals surface area contributed by atoms with E-state index in [1.807, 2.05) is 20.8 Å². The van der Waals surface area contributed by atoms with Crippen molar-refractivity contribution >= 4 is 11.9 Å². The number of hydrogen-bond donors (Lipinski definition) is 1. The molecule has 0 fully saturated rings. The Morgan fingerprint density at radius 3 is 2.62 bits per heavy atom. The van der Waals surface area contributed by atoms with Gasteiger partial charge in [0.15, 0.2) is 5.84 Å². The average molecular weight is 225 g/mol. The molecule has 0 saturated heterocycles. The van der Waals surface area contributed by atoms with E-state index in [1.165, 1.54) is 24.4 Å². The van der Waals surface area contributed by atoms with Gasteiger partial charge in [0.05, 0.1) is 0 Å². The maximum atomic E-state index is 10.9. The molecule has 7 heteroatoms. The van der Waals surface area contributed by atoms with Crippen molar-refractivity contribution in [1.82, 2.24) is 20.1 Å². The van der Waals surface area contributed by atoms with Gasteiger partial charge in [0, 0.05) is 12.5 Å². The van der Waals surface area contributed by atoms with Gasteiger partial charge >= 0.3 is 6.09 Å². The van der Waals surface area contributed by atoms with Gasteiger partial charge in [0.2, 0.25) is 0 Å². The van der Waals surface area contributed by atoms with Crippen molar-refractivity contribution in [2.45, 2.75) is 20.8 Å². The molecule has 1 aromatic rings. The molecule has 0 aliphatic rings. The van der Waals surface area contributed by atoms with Gasteiger partial charge in [-0.15, -0.1) is 0 Å². The Bertz CT molecular complexity index is 377. The second-order valence-electron chi connectivity index (χ2n) is 4.13. The highest BCUT2D eigenvalue weighted by Gasteiger charge is 2.23. The van der Waals surface area contributed by atoms with Crippen molar-refractivity contribution < 1.29 is 9.63 Å². The lowest BCUT2D eigenvalue weighted by molar-refractivity contribution is 0.151. The highest BCUT2D eigenvalue weighted by atomic mass is 16.7. The van der Waals surface area contributed by atoms with Crippen LogP contribution < -0.4 is 5.32 Å². The van der Waals surface area contributed by atoms with Crippen LogP contribution in [0.2, 0.25) is 0 Å². The van der Waals surface area contributed by atoms with Gasteiger partial charge in [-0.2, -0.15) is 5.10 Å². The van der Waals surface area contributed by atoms with Crippen LogP contribution in [0.15, 0.2) is 17.8 Å². The highest BCUT2D eigenvalue weighted by Crippen LogP contribution is 2.17. The van der Waals surface area contributed by atoms with E-state index in [-0.39, 0.29) is 5.41 Å². The first-order valence-electron chi connectivity index (χ1n) is 4.77. The molecule has 0 saturated carbocycles. The van der Waals surface area contributed by atoms with Crippen LogP contribution in [-0.4, -0.2) is 33.7 Å². The number of oxime groups is 1. The van der Waals surface area contributed by atoms with E-state index in [4.69, 9.17) is 0 Å². The van der Waals surface area contributed by atoms with E-state index >= 15 is 0 Å². The molecular formula is C9H15N5O2. The van der Waals surface area contributed by atoms with Gasteiger partial charge in [0.1, 0.15) is 12.7 Å². The van der Waals surface area contributed by atoms with Crippen LogP contribution in [0.3, 0.4) is 0 Å². The summed E-state index contributed by atoms with van der Waals surface area (Å²) >= 11 is 0. The molecular weight excluding hydrogens is 210 g/mol. The molecule has 0 bridgehead atoms. The summed E-state index contributed by atoms with van der Waals surface area (Å²) in [5.74, 6) is 0.494. The Labute approximate surface area is 93.5 Å². The smallest absolute Gasteiger partial charge is 0.323 e. The Hall–Kier alpha value is -1.92. The first kappa shape index (κ1) is 12.2. The van der Waals surface area contributed by atoms with E-state index in [9.17, 15) is 4.79 Å². The van der Waals surface area contributed by atoms with Crippen LogP contribution in [0.5, 0.6) is 0 Å². The Balaban J connectivity index is 2.94. The Morgan fingerprint density at radius 1 is 1.50 bits per heavy atom. The average Bonchev–Trinajstić information content (AvgIpc) is 2.68. The van der Waals surface area contributed by atoms with E-state index in [1.54, 1.807) is 0 Å². The summed E-state index contributed by atoms with van der Waals surface area (Å²) in [6, 6.07) is 0. The lowest BCUT2D eigenvalue weighted by Crippen LogP contribution is -2.30. The minimum atomic E-state index is -0.623. The predicted octanol–water partition coefficient (Wildman–Crippen LogP) is 0.842. The third-order valence-corrected chi connectivity index (χ3v) is 1.73. The zero-order valence-electron chi connectivity index (χ0n) is 9.76. The molecule has 88 valence electrons. The summed E-state index contributed by atoms with van der Waals surface area (Å²) < 4.78 is 1.46. The number of aromatic nitrogens is 3. The molecule has 0 atom stereocenters. The minimum Gasteiger partial charge on any atom is -0.323 e.